The number of nitrogens with zero attached hydrogens (tertiary/aromatic N) is 3. The topological polar surface area (TPSA) is 75.1 Å². The van der Waals surface area contributed by atoms with Gasteiger partial charge in [0.05, 0.1) is 24.9 Å². The van der Waals surface area contributed by atoms with E-state index in [4.69, 9.17) is 23.2 Å². The van der Waals surface area contributed by atoms with Gasteiger partial charge < -0.3 is 4.98 Å². The molecule has 8 heteroatoms. The third-order valence-corrected chi connectivity index (χ3v) is 5.92. The minimum Gasteiger partial charge on any atom is -0.361 e. The lowest BCUT2D eigenvalue weighted by Crippen LogP contribution is -2.19. The van der Waals surface area contributed by atoms with Crippen LogP contribution in [0.5, 0.6) is 0 Å². The number of aromatic amines is 1. The number of hydrogen-bond donors (Lipinski definition) is 2. The van der Waals surface area contributed by atoms with Crippen molar-refractivity contribution in [1.29, 1.82) is 0 Å². The Labute approximate surface area is 189 Å². The number of halogens is 2. The van der Waals surface area contributed by atoms with E-state index in [1.54, 1.807) is 18.3 Å². The Kier molecular flexibility index (Phi) is 6.11. The molecule has 0 aliphatic rings. The van der Waals surface area contributed by atoms with E-state index < -0.39 is 0 Å². The maximum absolute atomic E-state index is 12.3. The van der Waals surface area contributed by atoms with Gasteiger partial charge in [0.2, 0.25) is 5.91 Å². The minimum absolute atomic E-state index is 0.188. The Balaban J connectivity index is 1.45. The zero-order valence-corrected chi connectivity index (χ0v) is 18.6. The molecule has 2 aromatic carbocycles. The highest BCUT2D eigenvalue weighted by molar-refractivity contribution is 6.36. The van der Waals surface area contributed by atoms with Crippen molar-refractivity contribution in [1.82, 2.24) is 20.2 Å². The number of aryl methyl sites for hydroxylation is 1. The van der Waals surface area contributed by atoms with Crippen molar-refractivity contribution in [3.05, 3.63) is 86.8 Å². The monoisotopic (exact) mass is 453 g/mol. The summed E-state index contributed by atoms with van der Waals surface area (Å²) in [4.78, 5) is 15.5. The van der Waals surface area contributed by atoms with Crippen molar-refractivity contribution in [3.8, 4) is 0 Å². The van der Waals surface area contributed by atoms with Crippen molar-refractivity contribution < 1.29 is 4.79 Å². The second-order valence-corrected chi connectivity index (χ2v) is 8.09. The first-order valence-corrected chi connectivity index (χ1v) is 10.5. The summed E-state index contributed by atoms with van der Waals surface area (Å²) in [7, 11) is 0. The van der Waals surface area contributed by atoms with E-state index in [9.17, 15) is 4.79 Å². The number of carbonyl (C=O) groups is 1. The van der Waals surface area contributed by atoms with Crippen LogP contribution < -0.4 is 5.43 Å². The molecule has 0 fully saturated rings. The number of benzene rings is 2. The molecule has 4 aromatic rings. The van der Waals surface area contributed by atoms with Crippen LogP contribution >= 0.6 is 23.2 Å². The fourth-order valence-electron chi connectivity index (χ4n) is 3.54. The predicted molar refractivity (Wildman–Crippen MR) is 125 cm³/mol. The Morgan fingerprint density at radius 1 is 1.16 bits per heavy atom. The normalized spacial score (nSPS) is 11.5. The van der Waals surface area contributed by atoms with Crippen LogP contribution in [0.15, 0.2) is 53.8 Å². The van der Waals surface area contributed by atoms with Gasteiger partial charge in [-0.1, -0.05) is 47.5 Å². The number of rotatable bonds is 6. The fourth-order valence-corrected chi connectivity index (χ4v) is 4.06. The second-order valence-electron chi connectivity index (χ2n) is 7.27. The Bertz CT molecular complexity index is 1270. The van der Waals surface area contributed by atoms with Crippen LogP contribution in [-0.4, -0.2) is 26.9 Å². The van der Waals surface area contributed by atoms with Gasteiger partial charge in [0.15, 0.2) is 0 Å². The van der Waals surface area contributed by atoms with E-state index >= 15 is 0 Å². The summed E-state index contributed by atoms with van der Waals surface area (Å²) >= 11 is 12.6. The summed E-state index contributed by atoms with van der Waals surface area (Å²) in [5.41, 5.74) is 7.90. The molecular formula is C23H21Cl2N5O. The van der Waals surface area contributed by atoms with Crippen LogP contribution in [0, 0.1) is 13.8 Å². The summed E-state index contributed by atoms with van der Waals surface area (Å²) in [6.07, 6.45) is 3.71. The number of nitrogens with one attached hydrogen (secondary N) is 2. The van der Waals surface area contributed by atoms with Crippen LogP contribution in [0.25, 0.3) is 10.9 Å². The zero-order valence-electron chi connectivity index (χ0n) is 17.1. The number of aromatic nitrogens is 3. The largest absolute Gasteiger partial charge is 0.361 e. The van der Waals surface area contributed by atoms with Gasteiger partial charge in [0, 0.05) is 44.0 Å². The van der Waals surface area contributed by atoms with Crippen molar-refractivity contribution in [2.75, 3.05) is 0 Å². The quantitative estimate of drug-likeness (QED) is 0.317. The van der Waals surface area contributed by atoms with E-state index in [0.29, 0.717) is 16.6 Å². The molecule has 6 nitrogen and oxygen atoms in total. The molecule has 0 atom stereocenters. The lowest BCUT2D eigenvalue weighted by atomic mass is 10.1. The molecular weight excluding hydrogens is 433 g/mol. The van der Waals surface area contributed by atoms with E-state index in [0.717, 1.165) is 39.0 Å². The average Bonchev–Trinajstić information content (AvgIpc) is 3.26. The fraction of sp³-hybridized carbons (Fsp3) is 0.174. The first-order chi connectivity index (χ1) is 14.9. The maximum Gasteiger partial charge on any atom is 0.244 e. The highest BCUT2D eigenvalue weighted by atomic mass is 35.5. The van der Waals surface area contributed by atoms with E-state index in [-0.39, 0.29) is 12.3 Å². The summed E-state index contributed by atoms with van der Waals surface area (Å²) in [6, 6.07) is 13.3. The first kappa shape index (κ1) is 21.2. The Morgan fingerprint density at radius 2 is 1.90 bits per heavy atom. The van der Waals surface area contributed by atoms with Crippen LogP contribution in [-0.2, 0) is 17.8 Å². The summed E-state index contributed by atoms with van der Waals surface area (Å²) in [5.74, 6) is -0.188. The number of fused-ring (bicyclic) bond motifs is 1. The van der Waals surface area contributed by atoms with Crippen LogP contribution in [0.2, 0.25) is 10.0 Å². The molecule has 1 amide bonds. The highest BCUT2D eigenvalue weighted by Crippen LogP contribution is 2.26. The van der Waals surface area contributed by atoms with Crippen molar-refractivity contribution in [2.45, 2.75) is 26.8 Å². The third-order valence-electron chi connectivity index (χ3n) is 5.22. The SMILES string of the molecule is Cc1nn(Cc2c(Cl)cccc2Cl)c(C)c1/C=N\NC(=O)Cc1c[nH]c2ccccc12. The van der Waals surface area contributed by atoms with Gasteiger partial charge in [-0.2, -0.15) is 10.2 Å². The van der Waals surface area contributed by atoms with E-state index in [1.807, 2.05) is 55.1 Å². The lowest BCUT2D eigenvalue weighted by Gasteiger charge is -2.08. The zero-order chi connectivity index (χ0) is 22.0. The first-order valence-electron chi connectivity index (χ1n) is 9.78. The number of para-hydroxylation sites is 1. The molecule has 4 rings (SSSR count). The molecule has 2 heterocycles. The smallest absolute Gasteiger partial charge is 0.244 e. The van der Waals surface area contributed by atoms with Crippen molar-refractivity contribution >= 4 is 46.2 Å². The van der Waals surface area contributed by atoms with E-state index in [1.165, 1.54) is 0 Å². The second kappa shape index (κ2) is 8.96. The molecule has 0 aliphatic carbocycles. The standard InChI is InChI=1S/C23H21Cl2N5O/c1-14-18(15(2)30(29-14)13-19-20(24)7-5-8-21(19)25)12-27-28-23(31)10-16-11-26-22-9-4-3-6-17(16)22/h3-9,11-12,26H,10,13H2,1-2H3,(H,28,31)/b27-12-. The molecule has 0 bridgehead atoms. The summed E-state index contributed by atoms with van der Waals surface area (Å²) in [6.45, 7) is 4.29. The van der Waals surface area contributed by atoms with Gasteiger partial charge in [-0.15, -0.1) is 0 Å². The number of carbonyl (C=O) groups excluding carboxylic acids is 1. The average molecular weight is 454 g/mol. The van der Waals surface area contributed by atoms with E-state index in [2.05, 4.69) is 20.6 Å². The number of H-pyrrole nitrogens is 1. The molecule has 0 spiro atoms. The molecule has 0 saturated carbocycles. The summed E-state index contributed by atoms with van der Waals surface area (Å²) in [5, 5.41) is 10.9. The van der Waals surface area contributed by atoms with Crippen LogP contribution in [0.1, 0.15) is 28.1 Å². The Morgan fingerprint density at radius 3 is 2.68 bits per heavy atom. The predicted octanol–water partition coefficient (Wildman–Crippen LogP) is 5.03. The maximum atomic E-state index is 12.3. The van der Waals surface area contributed by atoms with Crippen molar-refractivity contribution in [2.24, 2.45) is 5.10 Å². The number of hydrogen-bond acceptors (Lipinski definition) is 3. The lowest BCUT2D eigenvalue weighted by molar-refractivity contribution is -0.120. The van der Waals surface area contributed by atoms with Gasteiger partial charge in [0.1, 0.15) is 0 Å². The third kappa shape index (κ3) is 4.50. The van der Waals surface area contributed by atoms with Gasteiger partial charge in [0.25, 0.3) is 0 Å². The van der Waals surface area contributed by atoms with Gasteiger partial charge >= 0.3 is 0 Å². The molecule has 0 aliphatic heterocycles. The van der Waals surface area contributed by atoms with Crippen LogP contribution in [0.4, 0.5) is 0 Å². The van der Waals surface area contributed by atoms with Gasteiger partial charge in [-0.3, -0.25) is 9.48 Å². The highest BCUT2D eigenvalue weighted by Gasteiger charge is 2.14. The minimum atomic E-state index is -0.188. The Hall–Kier alpha value is -3.09. The molecule has 0 radical (unpaired) electrons. The van der Waals surface area contributed by atoms with Crippen molar-refractivity contribution in [3.63, 3.8) is 0 Å². The molecule has 31 heavy (non-hydrogen) atoms. The van der Waals surface area contributed by atoms with Gasteiger partial charge in [-0.05, 0) is 37.6 Å². The molecule has 0 saturated heterocycles. The molecule has 2 N–H and O–H groups in total. The van der Waals surface area contributed by atoms with Crippen LogP contribution in [0.3, 0.4) is 0 Å². The number of amides is 1. The molecule has 0 unspecified atom stereocenters. The van der Waals surface area contributed by atoms with Gasteiger partial charge in [-0.25, -0.2) is 5.43 Å². The summed E-state index contributed by atoms with van der Waals surface area (Å²) < 4.78 is 1.83. The molecule has 2 aromatic heterocycles. The molecule has 158 valence electrons. The number of hydrazone groups is 1.